The summed E-state index contributed by atoms with van der Waals surface area (Å²) in [7, 11) is 1.80. The lowest BCUT2D eigenvalue weighted by atomic mass is 9.88. The lowest BCUT2D eigenvalue weighted by Crippen LogP contribution is -2.33. The predicted octanol–water partition coefficient (Wildman–Crippen LogP) is 9.32. The molecule has 41 heavy (non-hydrogen) atoms. The van der Waals surface area contributed by atoms with Crippen molar-refractivity contribution < 1.29 is 16.1 Å². The van der Waals surface area contributed by atoms with Crippen LogP contribution in [0.15, 0.2) is 95.5 Å². The van der Waals surface area contributed by atoms with Gasteiger partial charge in [-0.2, -0.15) is 5.26 Å². The van der Waals surface area contributed by atoms with Crippen LogP contribution in [0.25, 0.3) is 55.4 Å². The van der Waals surface area contributed by atoms with Crippen molar-refractivity contribution in [3.8, 4) is 39.6 Å². The van der Waals surface area contributed by atoms with Crippen LogP contribution < -0.4 is 4.57 Å². The first-order valence-electron chi connectivity index (χ1n) is 14.7. The number of fused-ring (bicyclic) bond motifs is 3. The summed E-state index contributed by atoms with van der Waals surface area (Å²) >= 11 is 0. The Bertz CT molecular complexity index is 2070. The Labute approximate surface area is 242 Å². The van der Waals surface area contributed by atoms with E-state index in [-0.39, 0.29) is 5.56 Å². The van der Waals surface area contributed by atoms with Gasteiger partial charge in [-0.15, -0.1) is 0 Å². The minimum Gasteiger partial charge on any atom is -0.454 e. The second-order valence-corrected chi connectivity index (χ2v) is 11.6. The highest BCUT2D eigenvalue weighted by molar-refractivity contribution is 6.14. The highest BCUT2D eigenvalue weighted by Gasteiger charge is 2.26. The minimum absolute atomic E-state index is 0.0144. The van der Waals surface area contributed by atoms with Crippen molar-refractivity contribution in [3.63, 3.8) is 0 Å². The quantitative estimate of drug-likeness (QED) is 0.209. The van der Waals surface area contributed by atoms with Gasteiger partial charge in [0.2, 0.25) is 5.69 Å². The zero-order valence-electron chi connectivity index (χ0n) is 25.8. The van der Waals surface area contributed by atoms with E-state index in [1.165, 1.54) is 6.07 Å². The maximum Gasteiger partial charge on any atom is 0.219 e. The van der Waals surface area contributed by atoms with Gasteiger partial charge in [0.25, 0.3) is 0 Å². The summed E-state index contributed by atoms with van der Waals surface area (Å²) in [5.41, 5.74) is 6.85. The topological polar surface area (TPSA) is 40.8 Å². The van der Waals surface area contributed by atoms with Gasteiger partial charge in [0, 0.05) is 25.1 Å². The van der Waals surface area contributed by atoms with E-state index < -0.39 is 17.6 Å². The maximum atomic E-state index is 15.7. The molecule has 6 rings (SSSR count). The van der Waals surface area contributed by atoms with E-state index in [9.17, 15) is 5.26 Å². The first-order chi connectivity index (χ1) is 20.4. The van der Waals surface area contributed by atoms with Crippen LogP contribution in [0.1, 0.15) is 40.2 Å². The fourth-order valence-corrected chi connectivity index (χ4v) is 5.53. The third-order valence-electron chi connectivity index (χ3n) is 7.41. The van der Waals surface area contributed by atoms with Crippen LogP contribution >= 0.6 is 0 Å². The van der Waals surface area contributed by atoms with Gasteiger partial charge in [0.1, 0.15) is 24.0 Å². The molecule has 0 aliphatic carbocycles. The Kier molecular flexibility index (Phi) is 5.88. The smallest absolute Gasteiger partial charge is 0.219 e. The average Bonchev–Trinajstić information content (AvgIpc) is 3.36. The summed E-state index contributed by atoms with van der Waals surface area (Å²) in [6, 6.07) is 29.7. The molecule has 0 spiro atoms. The van der Waals surface area contributed by atoms with Crippen LogP contribution in [0.4, 0.5) is 4.39 Å². The van der Waals surface area contributed by atoms with Crippen molar-refractivity contribution >= 4 is 21.9 Å². The Morgan fingerprint density at radius 3 is 2.12 bits per heavy atom. The van der Waals surface area contributed by atoms with Crippen molar-refractivity contribution in [1.29, 1.82) is 5.26 Å². The molecule has 6 aromatic rings. The summed E-state index contributed by atoms with van der Waals surface area (Å²) in [6.45, 7) is 7.25. The van der Waals surface area contributed by atoms with E-state index >= 15 is 4.39 Å². The number of hydrogen-bond donors (Lipinski definition) is 0. The number of nitrogens with zero attached hydrogens (tertiary/aromatic N) is 2. The summed E-state index contributed by atoms with van der Waals surface area (Å²) in [5, 5.41) is 11.8. The first-order valence-corrected chi connectivity index (χ1v) is 13.7. The summed E-state index contributed by atoms with van der Waals surface area (Å²) < 4.78 is 41.4. The lowest BCUT2D eigenvalue weighted by molar-refractivity contribution is -0.661. The zero-order valence-corrected chi connectivity index (χ0v) is 23.8. The largest absolute Gasteiger partial charge is 0.454 e. The van der Waals surface area contributed by atoms with Gasteiger partial charge in [-0.1, -0.05) is 87.5 Å². The summed E-state index contributed by atoms with van der Waals surface area (Å²) in [5.74, 6) is -0.605. The van der Waals surface area contributed by atoms with E-state index in [1.54, 1.807) is 38.6 Å². The third kappa shape index (κ3) is 4.78. The molecule has 0 aliphatic heterocycles. The minimum atomic E-state index is -1.88. The number of hydrogen-bond acceptors (Lipinski definition) is 2. The van der Waals surface area contributed by atoms with Gasteiger partial charge in [-0.05, 0) is 53.1 Å². The molecule has 0 unspecified atom stereocenters. The first kappa shape index (κ1) is 24.1. The molecule has 2 aromatic heterocycles. The van der Waals surface area contributed by atoms with Gasteiger partial charge >= 0.3 is 0 Å². The van der Waals surface area contributed by atoms with E-state index in [0.29, 0.717) is 28.0 Å². The molecule has 2 heterocycles. The molecule has 0 bridgehead atoms. The number of rotatable bonds is 4. The predicted molar refractivity (Wildman–Crippen MR) is 164 cm³/mol. The highest BCUT2D eigenvalue weighted by atomic mass is 19.1. The molecule has 4 heteroatoms. The Morgan fingerprint density at radius 1 is 0.854 bits per heavy atom. The van der Waals surface area contributed by atoms with Gasteiger partial charge in [0.15, 0.2) is 6.20 Å². The van der Waals surface area contributed by atoms with Crippen LogP contribution in [0.2, 0.25) is 0 Å². The number of furan rings is 1. The SMILES string of the molecule is [2H]C([2H])(c1c[n+](C)c(-c2c(C)ccc3c2oc2c(-c4ccc(-c5ccccc5)cc4)c(C#N)ccc23)cc1F)C(C)(C)C. The molecule has 202 valence electrons. The van der Waals surface area contributed by atoms with Crippen molar-refractivity contribution in [2.24, 2.45) is 12.5 Å². The van der Waals surface area contributed by atoms with E-state index in [2.05, 4.69) is 18.2 Å². The Balaban J connectivity index is 1.57. The van der Waals surface area contributed by atoms with Crippen LogP contribution in [0, 0.1) is 29.5 Å². The number of halogens is 1. The summed E-state index contributed by atoms with van der Waals surface area (Å²) in [6.07, 6.45) is -0.337. The van der Waals surface area contributed by atoms with E-state index in [0.717, 1.165) is 38.6 Å². The second kappa shape index (κ2) is 10.0. The van der Waals surface area contributed by atoms with Crippen molar-refractivity contribution in [1.82, 2.24) is 0 Å². The maximum absolute atomic E-state index is 15.7. The molecular formula is C37H32FN2O+. The molecule has 0 radical (unpaired) electrons. The molecule has 4 aromatic carbocycles. The molecule has 0 N–H and O–H groups in total. The van der Waals surface area contributed by atoms with E-state index in [1.807, 2.05) is 73.7 Å². The van der Waals surface area contributed by atoms with Crippen LogP contribution in [-0.2, 0) is 13.4 Å². The van der Waals surface area contributed by atoms with Gasteiger partial charge < -0.3 is 4.42 Å². The van der Waals surface area contributed by atoms with E-state index in [4.69, 9.17) is 7.16 Å². The van der Waals surface area contributed by atoms with Crippen molar-refractivity contribution in [2.75, 3.05) is 0 Å². The number of benzene rings is 4. The molecule has 0 saturated carbocycles. The zero-order chi connectivity index (χ0) is 30.7. The normalized spacial score (nSPS) is 12.8. The number of pyridine rings is 1. The number of nitriles is 1. The lowest BCUT2D eigenvalue weighted by Gasteiger charge is -2.18. The van der Waals surface area contributed by atoms with Gasteiger partial charge in [-0.3, -0.25) is 0 Å². The molecule has 0 atom stereocenters. The van der Waals surface area contributed by atoms with Crippen LogP contribution in [0.3, 0.4) is 0 Å². The van der Waals surface area contributed by atoms with Crippen LogP contribution in [0.5, 0.6) is 0 Å². The fourth-order valence-electron chi connectivity index (χ4n) is 5.53. The van der Waals surface area contributed by atoms with Gasteiger partial charge in [-0.25, -0.2) is 8.96 Å². The Hall–Kier alpha value is -4.75. The van der Waals surface area contributed by atoms with Gasteiger partial charge in [0.05, 0.1) is 22.8 Å². The Morgan fingerprint density at radius 2 is 1.46 bits per heavy atom. The van der Waals surface area contributed by atoms with Crippen LogP contribution in [-0.4, -0.2) is 0 Å². The number of aromatic nitrogens is 1. The molecule has 0 fully saturated rings. The molecule has 0 aliphatic rings. The van der Waals surface area contributed by atoms with Crippen molar-refractivity contribution in [2.45, 2.75) is 34.1 Å². The average molecular weight is 542 g/mol. The molecular weight excluding hydrogens is 507 g/mol. The molecule has 3 nitrogen and oxygen atoms in total. The summed E-state index contributed by atoms with van der Waals surface area (Å²) in [4.78, 5) is 0. The number of aryl methyl sites for hydroxylation is 2. The monoisotopic (exact) mass is 541 g/mol. The fraction of sp³-hybridized carbons (Fsp3) is 0.189. The standard InChI is InChI=1S/C37H32FN2O/c1-23-11-17-29-30-18-16-27(21-39)34(26-14-12-25(13-15-26)24-9-7-6-8-10-24)36(30)41-35(29)33(23)32-19-31(38)28(22-40(32)5)20-37(2,3)4/h6-19,22H,20H2,1-5H3/q+1/i20D2. The molecule has 0 saturated heterocycles. The highest BCUT2D eigenvalue weighted by Crippen LogP contribution is 2.42. The third-order valence-corrected chi connectivity index (χ3v) is 7.41. The molecule has 0 amide bonds. The van der Waals surface area contributed by atoms with Crippen molar-refractivity contribution in [3.05, 3.63) is 114 Å². The second-order valence-electron chi connectivity index (χ2n) is 11.6.